The molecule has 5 aromatic heterocycles. The molecule has 0 atom stereocenters. The Morgan fingerprint density at radius 1 is 0.978 bits per heavy atom. The van der Waals surface area contributed by atoms with Gasteiger partial charge in [0.25, 0.3) is 0 Å². The number of sulfonamides is 1. The van der Waals surface area contributed by atoms with Crippen LogP contribution in [0.15, 0.2) is 67.3 Å². The highest BCUT2D eigenvalue weighted by Crippen LogP contribution is 2.34. The number of aromatic amines is 2. The smallest absolute Gasteiger partial charge is 0.209 e. The predicted molar refractivity (Wildman–Crippen MR) is 170 cm³/mol. The summed E-state index contributed by atoms with van der Waals surface area (Å²) in [5, 5.41) is 8.43. The molecular weight excluding hydrogens is 595 g/mol. The van der Waals surface area contributed by atoms with E-state index in [1.54, 1.807) is 30.9 Å². The third kappa shape index (κ3) is 6.41. The summed E-state index contributed by atoms with van der Waals surface area (Å²) in [5.74, 6) is 0.223. The Hall–Kier alpha value is -4.72. The van der Waals surface area contributed by atoms with Crippen molar-refractivity contribution in [3.63, 3.8) is 0 Å². The second kappa shape index (κ2) is 12.0. The standard InChI is InChI=1S/C32H31FN8O3S/c1-45(42,43)36-15-20-10-21(12-23(33)11-20)26-18-35-19-30-25(26)14-29(37-30)32-31-28(39-40-32)5-4-27(38-31)22-13-24(17-34-16-22)44-9-8-41-6-2-3-7-41/h4-5,10-14,16-19,36-37H,2-3,6-9,15H2,1H3,(H,39,40). The highest BCUT2D eigenvalue weighted by atomic mass is 32.2. The molecule has 0 spiro atoms. The molecule has 6 aromatic rings. The fourth-order valence-corrected chi connectivity index (χ4v) is 6.14. The van der Waals surface area contributed by atoms with Gasteiger partial charge < -0.3 is 9.72 Å². The number of nitrogens with zero attached hydrogens (tertiary/aromatic N) is 5. The molecular formula is C32H31FN8O3S. The van der Waals surface area contributed by atoms with Gasteiger partial charge in [-0.3, -0.25) is 20.0 Å². The van der Waals surface area contributed by atoms with E-state index in [1.165, 1.54) is 25.0 Å². The number of halogens is 1. The van der Waals surface area contributed by atoms with Gasteiger partial charge in [-0.05, 0) is 79.5 Å². The monoisotopic (exact) mass is 626 g/mol. The van der Waals surface area contributed by atoms with Crippen molar-refractivity contribution in [3.8, 4) is 39.5 Å². The van der Waals surface area contributed by atoms with Gasteiger partial charge in [-0.25, -0.2) is 22.5 Å². The minimum atomic E-state index is -3.43. The first kappa shape index (κ1) is 29.0. The summed E-state index contributed by atoms with van der Waals surface area (Å²) >= 11 is 0. The van der Waals surface area contributed by atoms with Crippen LogP contribution in [-0.4, -0.2) is 75.9 Å². The number of aromatic nitrogens is 6. The van der Waals surface area contributed by atoms with Crippen molar-refractivity contribution in [3.05, 3.63) is 78.6 Å². The summed E-state index contributed by atoms with van der Waals surface area (Å²) in [7, 11) is -3.43. The first-order valence-corrected chi connectivity index (χ1v) is 16.6. The molecule has 7 rings (SSSR count). The summed E-state index contributed by atoms with van der Waals surface area (Å²) in [5.41, 5.74) is 6.84. The molecule has 3 N–H and O–H groups in total. The highest BCUT2D eigenvalue weighted by Gasteiger charge is 2.17. The van der Waals surface area contributed by atoms with Crippen LogP contribution in [0.4, 0.5) is 4.39 Å². The van der Waals surface area contributed by atoms with E-state index in [1.807, 2.05) is 24.3 Å². The number of hydrogen-bond donors (Lipinski definition) is 3. The number of ether oxygens (including phenoxy) is 1. The third-order valence-corrected chi connectivity index (χ3v) is 8.57. The zero-order valence-corrected chi connectivity index (χ0v) is 25.4. The topological polar surface area (TPSA) is 142 Å². The van der Waals surface area contributed by atoms with E-state index < -0.39 is 15.8 Å². The van der Waals surface area contributed by atoms with E-state index in [0.29, 0.717) is 46.0 Å². The van der Waals surface area contributed by atoms with E-state index in [0.717, 1.165) is 53.6 Å². The van der Waals surface area contributed by atoms with Gasteiger partial charge in [0, 0.05) is 42.0 Å². The normalized spacial score (nSPS) is 14.1. The van der Waals surface area contributed by atoms with Gasteiger partial charge in [0.15, 0.2) is 0 Å². The predicted octanol–water partition coefficient (Wildman–Crippen LogP) is 4.89. The lowest BCUT2D eigenvalue weighted by molar-refractivity contribution is 0.237. The van der Waals surface area contributed by atoms with Crippen LogP contribution in [0, 0.1) is 5.82 Å². The average Bonchev–Trinajstić information content (AvgIpc) is 3.79. The number of likely N-dealkylation sites (tertiary alicyclic amines) is 1. The number of nitrogens with one attached hydrogen (secondary N) is 3. The van der Waals surface area contributed by atoms with Gasteiger partial charge in [-0.1, -0.05) is 0 Å². The first-order chi connectivity index (χ1) is 21.8. The van der Waals surface area contributed by atoms with Crippen molar-refractivity contribution in [2.24, 2.45) is 0 Å². The molecule has 1 aliphatic rings. The molecule has 1 fully saturated rings. The van der Waals surface area contributed by atoms with Crippen LogP contribution >= 0.6 is 0 Å². The largest absolute Gasteiger partial charge is 0.491 e. The number of H-pyrrole nitrogens is 2. The van der Waals surface area contributed by atoms with Crippen LogP contribution in [0.1, 0.15) is 18.4 Å². The summed E-state index contributed by atoms with van der Waals surface area (Å²) in [6.45, 7) is 3.74. The molecule has 0 radical (unpaired) electrons. The first-order valence-electron chi connectivity index (χ1n) is 14.7. The Balaban J connectivity index is 1.19. The lowest BCUT2D eigenvalue weighted by Crippen LogP contribution is -2.25. The fourth-order valence-electron chi connectivity index (χ4n) is 5.72. The molecule has 0 unspecified atom stereocenters. The van der Waals surface area contributed by atoms with Crippen LogP contribution in [0.2, 0.25) is 0 Å². The molecule has 0 aliphatic carbocycles. The van der Waals surface area contributed by atoms with Gasteiger partial charge in [0.2, 0.25) is 10.0 Å². The van der Waals surface area contributed by atoms with Gasteiger partial charge >= 0.3 is 0 Å². The summed E-state index contributed by atoms with van der Waals surface area (Å²) in [6.07, 6.45) is 10.4. The number of rotatable bonds is 10. The SMILES string of the molecule is CS(=O)(=O)NCc1cc(F)cc(-c2cncc3[nH]c(-c4n[nH]c5ccc(-c6cncc(OCCN7CCCC7)c6)nc45)cc23)c1. The van der Waals surface area contributed by atoms with Crippen LogP contribution < -0.4 is 9.46 Å². The van der Waals surface area contributed by atoms with Crippen molar-refractivity contribution in [2.45, 2.75) is 19.4 Å². The average molecular weight is 627 g/mol. The molecule has 1 aromatic carbocycles. The van der Waals surface area contributed by atoms with E-state index in [4.69, 9.17) is 9.72 Å². The van der Waals surface area contributed by atoms with Gasteiger partial charge in [0.05, 0.1) is 41.1 Å². The maximum Gasteiger partial charge on any atom is 0.209 e. The van der Waals surface area contributed by atoms with Crippen molar-refractivity contribution in [1.29, 1.82) is 0 Å². The zero-order valence-electron chi connectivity index (χ0n) is 24.5. The number of hydrogen-bond acceptors (Lipinski definition) is 8. The summed E-state index contributed by atoms with van der Waals surface area (Å²) < 4.78 is 46.2. The van der Waals surface area contributed by atoms with E-state index in [2.05, 4.69) is 34.8 Å². The lowest BCUT2D eigenvalue weighted by atomic mass is 10.0. The summed E-state index contributed by atoms with van der Waals surface area (Å²) in [6, 6.07) is 12.2. The maximum absolute atomic E-state index is 14.6. The molecule has 0 amide bonds. The molecule has 1 aliphatic heterocycles. The molecule has 0 bridgehead atoms. The minimum absolute atomic E-state index is 0.0260. The van der Waals surface area contributed by atoms with Crippen molar-refractivity contribution in [2.75, 3.05) is 32.5 Å². The molecule has 45 heavy (non-hydrogen) atoms. The Kier molecular flexibility index (Phi) is 7.73. The maximum atomic E-state index is 14.6. The molecule has 1 saturated heterocycles. The fraction of sp³-hybridized carbons (Fsp3) is 0.250. The number of benzene rings is 1. The number of pyridine rings is 3. The third-order valence-electron chi connectivity index (χ3n) is 7.90. The number of fused-ring (bicyclic) bond motifs is 2. The van der Waals surface area contributed by atoms with Gasteiger partial charge in [-0.2, -0.15) is 5.10 Å². The van der Waals surface area contributed by atoms with Crippen molar-refractivity contribution >= 4 is 32.0 Å². The van der Waals surface area contributed by atoms with Gasteiger partial charge in [-0.15, -0.1) is 0 Å². The summed E-state index contributed by atoms with van der Waals surface area (Å²) in [4.78, 5) is 19.5. The highest BCUT2D eigenvalue weighted by molar-refractivity contribution is 7.88. The Morgan fingerprint density at radius 2 is 1.82 bits per heavy atom. The second-order valence-electron chi connectivity index (χ2n) is 11.2. The quantitative estimate of drug-likeness (QED) is 0.195. The van der Waals surface area contributed by atoms with Crippen LogP contribution in [-0.2, 0) is 16.6 Å². The molecule has 6 heterocycles. The van der Waals surface area contributed by atoms with E-state index in [9.17, 15) is 12.8 Å². The van der Waals surface area contributed by atoms with Crippen molar-refractivity contribution < 1.29 is 17.5 Å². The Morgan fingerprint density at radius 3 is 2.67 bits per heavy atom. The lowest BCUT2D eigenvalue weighted by Gasteiger charge is -2.15. The van der Waals surface area contributed by atoms with Crippen molar-refractivity contribution in [1.82, 2.24) is 39.8 Å². The van der Waals surface area contributed by atoms with E-state index in [-0.39, 0.29) is 6.54 Å². The Labute approximate surface area is 258 Å². The van der Waals surface area contributed by atoms with Gasteiger partial charge in [0.1, 0.15) is 29.4 Å². The van der Waals surface area contributed by atoms with Crippen LogP contribution in [0.3, 0.4) is 0 Å². The Bertz CT molecular complexity index is 2120. The van der Waals surface area contributed by atoms with Crippen LogP contribution in [0.5, 0.6) is 5.75 Å². The molecule has 0 saturated carbocycles. The second-order valence-corrected chi connectivity index (χ2v) is 13.1. The molecule has 13 heteroatoms. The minimum Gasteiger partial charge on any atom is -0.491 e. The molecule has 230 valence electrons. The molecule has 11 nitrogen and oxygen atoms in total. The van der Waals surface area contributed by atoms with Crippen LogP contribution in [0.25, 0.3) is 55.7 Å². The zero-order chi connectivity index (χ0) is 31.0. The van der Waals surface area contributed by atoms with E-state index >= 15 is 0 Å².